The maximum absolute atomic E-state index is 14.0. The van der Waals surface area contributed by atoms with Gasteiger partial charge in [0.15, 0.2) is 5.82 Å². The Balaban J connectivity index is 1.24. The zero-order chi connectivity index (χ0) is 25.6. The molecule has 3 aromatic rings. The van der Waals surface area contributed by atoms with Crippen LogP contribution < -0.4 is 10.6 Å². The van der Waals surface area contributed by atoms with Crippen molar-refractivity contribution in [2.75, 3.05) is 49.9 Å². The molecule has 0 unspecified atom stereocenters. The van der Waals surface area contributed by atoms with Crippen molar-refractivity contribution in [3.05, 3.63) is 66.2 Å². The van der Waals surface area contributed by atoms with Gasteiger partial charge in [-0.2, -0.15) is 0 Å². The van der Waals surface area contributed by atoms with Crippen molar-refractivity contribution in [3.63, 3.8) is 0 Å². The van der Waals surface area contributed by atoms with Gasteiger partial charge in [-0.05, 0) is 36.6 Å². The summed E-state index contributed by atoms with van der Waals surface area (Å²) in [7, 11) is 0. The van der Waals surface area contributed by atoms with Gasteiger partial charge in [0.05, 0.1) is 16.8 Å². The van der Waals surface area contributed by atoms with E-state index in [1.165, 1.54) is 0 Å². The van der Waals surface area contributed by atoms with E-state index in [1.807, 2.05) is 35.2 Å². The lowest BCUT2D eigenvalue weighted by Crippen LogP contribution is -2.74. The molecule has 1 aromatic heterocycles. The summed E-state index contributed by atoms with van der Waals surface area (Å²) in [5, 5.41) is 18.7. The van der Waals surface area contributed by atoms with Crippen LogP contribution in [-0.2, 0) is 15.0 Å². The van der Waals surface area contributed by atoms with Crippen molar-refractivity contribution in [2.45, 2.75) is 18.3 Å². The normalized spacial score (nSPS) is 19.7. The Hall–Kier alpha value is -4.14. The number of phenols is 1. The Morgan fingerprint density at radius 2 is 1.62 bits per heavy atom. The fraction of sp³-hybridized carbons (Fsp3) is 0.357. The molecule has 0 saturated carbocycles. The highest BCUT2D eigenvalue weighted by molar-refractivity contribution is 5.90. The second-order valence-electron chi connectivity index (χ2n) is 10.6. The first kappa shape index (κ1) is 23.3. The van der Waals surface area contributed by atoms with Crippen molar-refractivity contribution in [2.24, 2.45) is 5.41 Å². The summed E-state index contributed by atoms with van der Waals surface area (Å²) in [6.45, 7) is 4.16. The van der Waals surface area contributed by atoms with Gasteiger partial charge >= 0.3 is 0 Å². The van der Waals surface area contributed by atoms with Gasteiger partial charge in [0.25, 0.3) is 0 Å². The number of carbonyl (C=O) groups is 2. The molecule has 3 saturated heterocycles. The van der Waals surface area contributed by atoms with Crippen LogP contribution in [0.3, 0.4) is 0 Å². The van der Waals surface area contributed by atoms with E-state index in [-0.39, 0.29) is 17.1 Å². The van der Waals surface area contributed by atoms with Crippen LogP contribution in [-0.4, -0.2) is 76.7 Å². The van der Waals surface area contributed by atoms with Crippen LogP contribution in [0.4, 0.5) is 11.5 Å². The van der Waals surface area contributed by atoms with Crippen molar-refractivity contribution < 1.29 is 14.7 Å². The Labute approximate surface area is 215 Å². The molecule has 6 rings (SSSR count). The summed E-state index contributed by atoms with van der Waals surface area (Å²) in [5.74, 6) is 0.631. The zero-order valence-corrected chi connectivity index (χ0v) is 20.6. The summed E-state index contributed by atoms with van der Waals surface area (Å²) < 4.78 is 0. The van der Waals surface area contributed by atoms with Crippen LogP contribution in [0.25, 0.3) is 11.3 Å². The minimum absolute atomic E-state index is 0.0751. The van der Waals surface area contributed by atoms with Crippen LogP contribution in [0.15, 0.2) is 60.7 Å². The van der Waals surface area contributed by atoms with Gasteiger partial charge in [-0.15, -0.1) is 10.2 Å². The second-order valence-corrected chi connectivity index (χ2v) is 10.6. The highest BCUT2D eigenvalue weighted by Crippen LogP contribution is 2.45. The predicted molar refractivity (Wildman–Crippen MR) is 140 cm³/mol. The third-order valence-corrected chi connectivity index (χ3v) is 8.24. The number of nitrogens with zero attached hydrogens (tertiary/aromatic N) is 5. The summed E-state index contributed by atoms with van der Waals surface area (Å²) >= 11 is 0. The topological polar surface area (TPSA) is 116 Å². The van der Waals surface area contributed by atoms with E-state index in [0.717, 1.165) is 30.8 Å². The lowest BCUT2D eigenvalue weighted by atomic mass is 9.67. The lowest BCUT2D eigenvalue weighted by molar-refractivity contribution is -0.167. The minimum Gasteiger partial charge on any atom is -0.507 e. The number of nitrogen functional groups attached to an aromatic ring is 1. The molecule has 2 amide bonds. The Bertz CT molecular complexity index is 1320. The Kier molecular flexibility index (Phi) is 5.51. The van der Waals surface area contributed by atoms with Gasteiger partial charge in [0.1, 0.15) is 5.75 Å². The lowest BCUT2D eigenvalue weighted by Gasteiger charge is -2.60. The number of aromatic nitrogens is 2. The largest absolute Gasteiger partial charge is 0.507 e. The van der Waals surface area contributed by atoms with Crippen LogP contribution >= 0.6 is 0 Å². The van der Waals surface area contributed by atoms with Crippen molar-refractivity contribution in [3.8, 4) is 17.0 Å². The number of phenolic OH excluding ortho intramolecular Hbond substituents is 1. The molecule has 3 fully saturated rings. The monoisotopic (exact) mass is 498 g/mol. The number of benzene rings is 2. The second kappa shape index (κ2) is 8.76. The van der Waals surface area contributed by atoms with Crippen LogP contribution in [0.1, 0.15) is 18.4 Å². The van der Waals surface area contributed by atoms with Crippen LogP contribution in [0, 0.1) is 5.41 Å². The van der Waals surface area contributed by atoms with Crippen molar-refractivity contribution in [1.82, 2.24) is 20.0 Å². The van der Waals surface area contributed by atoms with Gasteiger partial charge in [0.2, 0.25) is 12.3 Å². The molecule has 37 heavy (non-hydrogen) atoms. The molecular formula is C28H30N6O3. The summed E-state index contributed by atoms with van der Waals surface area (Å²) in [5.41, 5.74) is 8.66. The molecule has 0 atom stereocenters. The molecule has 0 bridgehead atoms. The van der Waals surface area contributed by atoms with E-state index >= 15 is 0 Å². The summed E-state index contributed by atoms with van der Waals surface area (Å²) in [4.78, 5) is 30.9. The molecule has 0 aliphatic carbocycles. The number of likely N-dealkylation sites (tertiary alicyclic amines) is 2. The summed E-state index contributed by atoms with van der Waals surface area (Å²) in [6.07, 6.45) is 2.18. The highest BCUT2D eigenvalue weighted by atomic mass is 16.3. The van der Waals surface area contributed by atoms with Gasteiger partial charge in [-0.1, -0.05) is 42.5 Å². The minimum atomic E-state index is -0.608. The Morgan fingerprint density at radius 3 is 2.30 bits per heavy atom. The molecule has 2 aromatic carbocycles. The van der Waals surface area contributed by atoms with Crippen LogP contribution in [0.2, 0.25) is 0 Å². The SMILES string of the molecule is Nc1nnc(-c2ccccc2O)cc1N1CCC(C(=O)N2CC3(CN(C=O)C3)C2)(c2ccccc2)CC1. The number of hydrogen-bond acceptors (Lipinski definition) is 7. The number of hydrogen-bond donors (Lipinski definition) is 2. The summed E-state index contributed by atoms with van der Waals surface area (Å²) in [6, 6.07) is 18.9. The fourth-order valence-corrected chi connectivity index (χ4v) is 6.28. The number of para-hydroxylation sites is 1. The van der Waals surface area contributed by atoms with E-state index in [0.29, 0.717) is 56.1 Å². The number of anilines is 2. The van der Waals surface area contributed by atoms with Crippen molar-refractivity contribution >= 4 is 23.8 Å². The molecule has 0 radical (unpaired) electrons. The van der Waals surface area contributed by atoms with E-state index < -0.39 is 5.41 Å². The van der Waals surface area contributed by atoms with Gasteiger partial charge in [0, 0.05) is 50.2 Å². The first-order valence-corrected chi connectivity index (χ1v) is 12.6. The quantitative estimate of drug-likeness (QED) is 0.519. The zero-order valence-electron chi connectivity index (χ0n) is 20.6. The molecule has 1 spiro atoms. The molecule has 3 aliphatic rings. The predicted octanol–water partition coefficient (Wildman–Crippen LogP) is 2.27. The molecular weight excluding hydrogens is 468 g/mol. The number of aromatic hydroxyl groups is 1. The molecule has 3 N–H and O–H groups in total. The highest BCUT2D eigenvalue weighted by Gasteiger charge is 2.56. The maximum atomic E-state index is 14.0. The standard InChI is InChI=1S/C28H30N6O3/c29-25-23(14-22(30-31-25)21-8-4-5-9-24(21)36)33-12-10-28(11-13-33,20-6-2-1-3-7-20)26(37)34-17-27(18-34)15-32(16-27)19-35/h1-9,14,19,36H,10-13,15-18H2,(H2,29,31). The van der Waals surface area contributed by atoms with E-state index in [4.69, 9.17) is 5.73 Å². The smallest absolute Gasteiger partial charge is 0.233 e. The van der Waals surface area contributed by atoms with Gasteiger partial charge in [-0.3, -0.25) is 9.59 Å². The van der Waals surface area contributed by atoms with Crippen molar-refractivity contribution in [1.29, 1.82) is 0 Å². The first-order chi connectivity index (χ1) is 17.9. The third kappa shape index (κ3) is 3.85. The average molecular weight is 499 g/mol. The number of amides is 2. The molecule has 9 nitrogen and oxygen atoms in total. The van der Waals surface area contributed by atoms with Gasteiger partial charge in [-0.25, -0.2) is 0 Å². The fourth-order valence-electron chi connectivity index (χ4n) is 6.28. The molecule has 190 valence electrons. The van der Waals surface area contributed by atoms with Crippen LogP contribution in [0.5, 0.6) is 5.75 Å². The molecule has 4 heterocycles. The molecule has 9 heteroatoms. The number of nitrogens with two attached hydrogens (primary N) is 1. The first-order valence-electron chi connectivity index (χ1n) is 12.6. The average Bonchev–Trinajstić information content (AvgIpc) is 2.88. The Morgan fingerprint density at radius 1 is 0.946 bits per heavy atom. The number of carbonyl (C=O) groups excluding carboxylic acids is 2. The third-order valence-electron chi connectivity index (χ3n) is 8.24. The number of piperidine rings is 1. The van der Waals surface area contributed by atoms with E-state index in [2.05, 4.69) is 27.2 Å². The van der Waals surface area contributed by atoms with E-state index in [9.17, 15) is 14.7 Å². The molecule has 3 aliphatic heterocycles. The maximum Gasteiger partial charge on any atom is 0.233 e. The van der Waals surface area contributed by atoms with Gasteiger partial charge < -0.3 is 25.5 Å². The van der Waals surface area contributed by atoms with E-state index in [1.54, 1.807) is 23.1 Å². The number of rotatable bonds is 5.